The molecule has 2 aromatic rings. The lowest BCUT2D eigenvalue weighted by Crippen LogP contribution is -2.18. The topological polar surface area (TPSA) is 25.2 Å². The molecule has 1 N–H and O–H groups in total. The van der Waals surface area contributed by atoms with E-state index < -0.39 is 17.7 Å². The van der Waals surface area contributed by atoms with Gasteiger partial charge in [0.05, 0.1) is 6.04 Å². The summed E-state index contributed by atoms with van der Waals surface area (Å²) in [5, 5.41) is 2.98. The summed E-state index contributed by atoms with van der Waals surface area (Å²) in [5.41, 5.74) is 0.792. The maximum atomic E-state index is 13.8. The highest BCUT2D eigenvalue weighted by atomic mass is 19.1. The van der Waals surface area contributed by atoms with E-state index >= 15 is 0 Å². The molecule has 0 amide bonds. The van der Waals surface area contributed by atoms with Crippen LogP contribution in [0.4, 0.5) is 8.78 Å². The quantitative estimate of drug-likeness (QED) is 0.903. The molecular weight excluding hydrogens is 236 g/mol. The van der Waals surface area contributed by atoms with Gasteiger partial charge in [-0.05, 0) is 44.7 Å². The molecule has 0 spiro atoms. The third-order valence-electron chi connectivity index (χ3n) is 2.92. The Bertz CT molecular complexity index is 563. The summed E-state index contributed by atoms with van der Waals surface area (Å²) in [6.45, 7) is 3.43. The zero-order chi connectivity index (χ0) is 13.3. The molecule has 1 heterocycles. The minimum absolute atomic E-state index is 0.380. The van der Waals surface area contributed by atoms with E-state index in [1.165, 1.54) is 6.07 Å². The molecule has 96 valence electrons. The predicted octanol–water partition coefficient (Wildman–Crippen LogP) is 3.48. The Labute approximate surface area is 105 Å². The number of furan rings is 1. The van der Waals surface area contributed by atoms with Gasteiger partial charge in [-0.3, -0.25) is 0 Å². The Hall–Kier alpha value is -1.68. The van der Waals surface area contributed by atoms with Gasteiger partial charge in [0.15, 0.2) is 0 Å². The molecule has 0 fully saturated rings. The summed E-state index contributed by atoms with van der Waals surface area (Å²) < 4.78 is 32.6. The molecule has 1 aromatic carbocycles. The van der Waals surface area contributed by atoms with Gasteiger partial charge in [-0.1, -0.05) is 0 Å². The van der Waals surface area contributed by atoms with E-state index in [0.29, 0.717) is 16.9 Å². The minimum atomic E-state index is -0.577. The van der Waals surface area contributed by atoms with Gasteiger partial charge in [-0.2, -0.15) is 0 Å². The molecule has 0 saturated carbocycles. The monoisotopic (exact) mass is 251 g/mol. The smallest absolute Gasteiger partial charge is 0.131 e. The van der Waals surface area contributed by atoms with Gasteiger partial charge in [0.2, 0.25) is 0 Å². The van der Waals surface area contributed by atoms with Crippen LogP contribution in [0.1, 0.15) is 28.7 Å². The van der Waals surface area contributed by atoms with Crippen molar-refractivity contribution in [3.63, 3.8) is 0 Å². The van der Waals surface area contributed by atoms with Crippen molar-refractivity contribution in [1.29, 1.82) is 0 Å². The summed E-state index contributed by atoms with van der Waals surface area (Å²) in [6, 6.07) is 5.59. The van der Waals surface area contributed by atoms with Gasteiger partial charge in [-0.25, -0.2) is 8.78 Å². The van der Waals surface area contributed by atoms with E-state index in [-0.39, 0.29) is 0 Å². The normalized spacial score (nSPS) is 12.7. The van der Waals surface area contributed by atoms with E-state index in [9.17, 15) is 8.78 Å². The Morgan fingerprint density at radius 3 is 2.39 bits per heavy atom. The fourth-order valence-corrected chi connectivity index (χ4v) is 1.96. The van der Waals surface area contributed by atoms with Crippen LogP contribution in [0.25, 0.3) is 0 Å². The number of rotatable bonds is 3. The lowest BCUT2D eigenvalue weighted by molar-refractivity contribution is 0.434. The number of hydrogen-bond donors (Lipinski definition) is 1. The number of hydrogen-bond acceptors (Lipinski definition) is 2. The van der Waals surface area contributed by atoms with Crippen LogP contribution < -0.4 is 5.32 Å². The number of aryl methyl sites for hydroxylation is 2. The van der Waals surface area contributed by atoms with Crippen molar-refractivity contribution in [1.82, 2.24) is 5.32 Å². The minimum Gasteiger partial charge on any atom is -0.464 e. The molecule has 1 atom stereocenters. The Morgan fingerprint density at radius 2 is 1.83 bits per heavy atom. The summed E-state index contributed by atoms with van der Waals surface area (Å²) in [6.07, 6.45) is 0. The molecular formula is C14H15F2NO. The first-order valence-corrected chi connectivity index (χ1v) is 5.72. The fraction of sp³-hybridized carbons (Fsp3) is 0.286. The number of nitrogens with one attached hydrogen (secondary N) is 1. The van der Waals surface area contributed by atoms with Gasteiger partial charge in [-0.15, -0.1) is 0 Å². The molecule has 1 aromatic heterocycles. The second-order valence-electron chi connectivity index (χ2n) is 4.29. The molecule has 0 aliphatic heterocycles. The van der Waals surface area contributed by atoms with Crippen molar-refractivity contribution in [3.05, 3.63) is 58.5 Å². The highest BCUT2D eigenvalue weighted by Crippen LogP contribution is 2.27. The predicted molar refractivity (Wildman–Crippen MR) is 65.4 cm³/mol. The highest BCUT2D eigenvalue weighted by molar-refractivity contribution is 5.32. The Balaban J connectivity index is 2.48. The van der Waals surface area contributed by atoms with Gasteiger partial charge in [0.1, 0.15) is 23.2 Å². The van der Waals surface area contributed by atoms with Crippen LogP contribution in [0, 0.1) is 25.5 Å². The van der Waals surface area contributed by atoms with Crippen LogP contribution >= 0.6 is 0 Å². The first kappa shape index (κ1) is 12.8. The summed E-state index contributed by atoms with van der Waals surface area (Å²) in [4.78, 5) is 0. The third kappa shape index (κ3) is 2.29. The summed E-state index contributed by atoms with van der Waals surface area (Å²) in [5.74, 6) is 0.248. The van der Waals surface area contributed by atoms with E-state index in [0.717, 1.165) is 11.8 Å². The first-order chi connectivity index (χ1) is 8.52. The number of benzene rings is 1. The van der Waals surface area contributed by atoms with Crippen molar-refractivity contribution in [2.75, 3.05) is 7.05 Å². The largest absolute Gasteiger partial charge is 0.464 e. The Kier molecular flexibility index (Phi) is 3.48. The molecule has 4 heteroatoms. The lowest BCUT2D eigenvalue weighted by atomic mass is 10.0. The van der Waals surface area contributed by atoms with Gasteiger partial charge in [0, 0.05) is 11.6 Å². The van der Waals surface area contributed by atoms with Crippen LogP contribution in [0.5, 0.6) is 0 Å². The van der Waals surface area contributed by atoms with E-state index in [4.69, 9.17) is 4.42 Å². The van der Waals surface area contributed by atoms with Crippen LogP contribution in [-0.4, -0.2) is 7.05 Å². The summed E-state index contributed by atoms with van der Waals surface area (Å²) in [7, 11) is 1.71. The Morgan fingerprint density at radius 1 is 1.11 bits per heavy atom. The average molecular weight is 251 g/mol. The zero-order valence-electron chi connectivity index (χ0n) is 10.6. The molecule has 0 aliphatic carbocycles. The molecule has 0 bridgehead atoms. The molecule has 1 unspecified atom stereocenters. The SMILES string of the molecule is CNC(c1ccc(C)o1)c1cc(C)c(F)cc1F. The van der Waals surface area contributed by atoms with E-state index in [1.807, 2.05) is 13.0 Å². The van der Waals surface area contributed by atoms with Crippen molar-refractivity contribution in [2.45, 2.75) is 19.9 Å². The standard InChI is InChI=1S/C14H15F2NO/c1-8-6-10(12(16)7-11(8)15)14(17-3)13-5-4-9(2)18-13/h4-7,14,17H,1-3H3. The molecule has 0 saturated heterocycles. The molecule has 18 heavy (non-hydrogen) atoms. The van der Waals surface area contributed by atoms with Gasteiger partial charge >= 0.3 is 0 Å². The lowest BCUT2D eigenvalue weighted by Gasteiger charge is -2.16. The van der Waals surface area contributed by atoms with Crippen molar-refractivity contribution in [3.8, 4) is 0 Å². The van der Waals surface area contributed by atoms with Crippen molar-refractivity contribution < 1.29 is 13.2 Å². The fourth-order valence-electron chi connectivity index (χ4n) is 1.96. The molecule has 2 nitrogen and oxygen atoms in total. The van der Waals surface area contributed by atoms with Crippen LogP contribution in [0.3, 0.4) is 0 Å². The molecule has 2 rings (SSSR count). The van der Waals surface area contributed by atoms with E-state index in [1.54, 1.807) is 20.0 Å². The molecule has 0 aliphatic rings. The van der Waals surface area contributed by atoms with Crippen molar-refractivity contribution in [2.24, 2.45) is 0 Å². The maximum Gasteiger partial charge on any atom is 0.131 e. The van der Waals surface area contributed by atoms with E-state index in [2.05, 4.69) is 5.32 Å². The second kappa shape index (κ2) is 4.90. The first-order valence-electron chi connectivity index (χ1n) is 5.72. The zero-order valence-corrected chi connectivity index (χ0v) is 10.6. The second-order valence-corrected chi connectivity index (χ2v) is 4.29. The average Bonchev–Trinajstić information content (AvgIpc) is 2.73. The van der Waals surface area contributed by atoms with Crippen LogP contribution in [0.2, 0.25) is 0 Å². The molecule has 0 radical (unpaired) electrons. The van der Waals surface area contributed by atoms with Gasteiger partial charge in [0.25, 0.3) is 0 Å². The number of halogens is 2. The summed E-state index contributed by atoms with van der Waals surface area (Å²) >= 11 is 0. The van der Waals surface area contributed by atoms with Crippen molar-refractivity contribution >= 4 is 0 Å². The maximum absolute atomic E-state index is 13.8. The van der Waals surface area contributed by atoms with Gasteiger partial charge < -0.3 is 9.73 Å². The van der Waals surface area contributed by atoms with Crippen LogP contribution in [-0.2, 0) is 0 Å². The highest BCUT2D eigenvalue weighted by Gasteiger charge is 2.20. The third-order valence-corrected chi connectivity index (χ3v) is 2.92. The van der Waals surface area contributed by atoms with Crippen LogP contribution in [0.15, 0.2) is 28.7 Å².